The number of rotatable bonds is 5. The summed E-state index contributed by atoms with van der Waals surface area (Å²) in [5.74, 6) is 0.421. The maximum atomic E-state index is 12.7. The Bertz CT molecular complexity index is 399. The lowest BCUT2D eigenvalue weighted by atomic mass is 9.96. The minimum atomic E-state index is -0.269. The predicted octanol–water partition coefficient (Wildman–Crippen LogP) is 1.87. The van der Waals surface area contributed by atoms with Gasteiger partial charge in [0.25, 0.3) is 0 Å². The Morgan fingerprint density at radius 1 is 1.37 bits per heavy atom. The highest BCUT2D eigenvalue weighted by molar-refractivity contribution is 5.78. The van der Waals surface area contributed by atoms with E-state index in [1.165, 1.54) is 25.0 Å². The number of amides is 1. The van der Waals surface area contributed by atoms with Crippen LogP contribution in [0, 0.1) is 11.7 Å². The molecule has 1 aliphatic rings. The molecule has 0 spiro atoms. The van der Waals surface area contributed by atoms with Gasteiger partial charge in [0, 0.05) is 6.54 Å². The van der Waals surface area contributed by atoms with Crippen molar-refractivity contribution in [1.82, 2.24) is 10.6 Å². The number of piperidine rings is 1. The van der Waals surface area contributed by atoms with E-state index in [1.807, 2.05) is 0 Å². The van der Waals surface area contributed by atoms with Crippen molar-refractivity contribution in [2.45, 2.75) is 25.7 Å². The SMILES string of the molecule is O=C(Cc1ccc(F)cc1)NCCC1CCCNC1. The van der Waals surface area contributed by atoms with E-state index < -0.39 is 0 Å². The highest BCUT2D eigenvalue weighted by Crippen LogP contribution is 2.12. The number of carbonyl (C=O) groups is 1. The summed E-state index contributed by atoms with van der Waals surface area (Å²) in [5, 5.41) is 6.30. The van der Waals surface area contributed by atoms with Gasteiger partial charge in [-0.1, -0.05) is 12.1 Å². The topological polar surface area (TPSA) is 41.1 Å². The molecule has 1 saturated heterocycles. The molecule has 104 valence electrons. The Hall–Kier alpha value is -1.42. The van der Waals surface area contributed by atoms with Gasteiger partial charge in [0.2, 0.25) is 5.91 Å². The molecule has 2 N–H and O–H groups in total. The molecule has 1 fully saturated rings. The number of benzene rings is 1. The first-order chi connectivity index (χ1) is 9.24. The minimum Gasteiger partial charge on any atom is -0.356 e. The molecule has 1 amide bonds. The van der Waals surface area contributed by atoms with Crippen LogP contribution in [0.25, 0.3) is 0 Å². The first-order valence-corrected chi connectivity index (χ1v) is 6.96. The fourth-order valence-electron chi connectivity index (χ4n) is 2.44. The van der Waals surface area contributed by atoms with Crippen LogP contribution in [0.4, 0.5) is 4.39 Å². The van der Waals surface area contributed by atoms with Crippen molar-refractivity contribution in [2.75, 3.05) is 19.6 Å². The average Bonchev–Trinajstić information content (AvgIpc) is 2.43. The van der Waals surface area contributed by atoms with Crippen molar-refractivity contribution in [1.29, 1.82) is 0 Å². The molecular formula is C15H21FN2O. The lowest BCUT2D eigenvalue weighted by Gasteiger charge is -2.22. The van der Waals surface area contributed by atoms with E-state index >= 15 is 0 Å². The zero-order chi connectivity index (χ0) is 13.5. The second kappa shape index (κ2) is 7.24. The standard InChI is InChI=1S/C15H21FN2O/c16-14-5-3-12(4-6-14)10-15(19)18-9-7-13-2-1-8-17-11-13/h3-6,13,17H,1-2,7-11H2,(H,18,19). The normalized spacial score (nSPS) is 19.1. The van der Waals surface area contributed by atoms with Gasteiger partial charge in [-0.2, -0.15) is 0 Å². The van der Waals surface area contributed by atoms with Gasteiger partial charge >= 0.3 is 0 Å². The fraction of sp³-hybridized carbons (Fsp3) is 0.533. The van der Waals surface area contributed by atoms with E-state index in [0.29, 0.717) is 12.3 Å². The number of halogens is 1. The fourth-order valence-corrected chi connectivity index (χ4v) is 2.44. The molecule has 3 nitrogen and oxygen atoms in total. The van der Waals surface area contributed by atoms with Crippen molar-refractivity contribution < 1.29 is 9.18 Å². The third-order valence-corrected chi connectivity index (χ3v) is 3.55. The lowest BCUT2D eigenvalue weighted by molar-refractivity contribution is -0.120. The Balaban J connectivity index is 1.65. The van der Waals surface area contributed by atoms with Crippen LogP contribution in [0.3, 0.4) is 0 Å². The molecule has 0 saturated carbocycles. The number of nitrogens with one attached hydrogen (secondary N) is 2. The second-order valence-corrected chi connectivity index (χ2v) is 5.15. The number of hydrogen-bond acceptors (Lipinski definition) is 2. The van der Waals surface area contributed by atoms with Gasteiger partial charge in [-0.3, -0.25) is 4.79 Å². The summed E-state index contributed by atoms with van der Waals surface area (Å²) >= 11 is 0. The van der Waals surface area contributed by atoms with E-state index in [9.17, 15) is 9.18 Å². The van der Waals surface area contributed by atoms with Crippen LogP contribution >= 0.6 is 0 Å². The van der Waals surface area contributed by atoms with Crippen molar-refractivity contribution in [3.8, 4) is 0 Å². The van der Waals surface area contributed by atoms with Crippen LogP contribution in [0.2, 0.25) is 0 Å². The molecule has 1 aliphatic heterocycles. The molecule has 19 heavy (non-hydrogen) atoms. The third-order valence-electron chi connectivity index (χ3n) is 3.55. The smallest absolute Gasteiger partial charge is 0.224 e. The summed E-state index contributed by atoms with van der Waals surface area (Å²) in [6.45, 7) is 2.91. The molecular weight excluding hydrogens is 243 g/mol. The van der Waals surface area contributed by atoms with Crippen molar-refractivity contribution in [2.24, 2.45) is 5.92 Å². The van der Waals surface area contributed by atoms with Crippen molar-refractivity contribution in [3.05, 3.63) is 35.6 Å². The first kappa shape index (κ1) is 14.0. The zero-order valence-corrected chi connectivity index (χ0v) is 11.1. The molecule has 0 bridgehead atoms. The van der Waals surface area contributed by atoms with Crippen LogP contribution < -0.4 is 10.6 Å². The summed E-state index contributed by atoms with van der Waals surface area (Å²) in [4.78, 5) is 11.7. The third kappa shape index (κ3) is 4.99. The van der Waals surface area contributed by atoms with Crippen LogP contribution in [0.15, 0.2) is 24.3 Å². The summed E-state index contributed by atoms with van der Waals surface area (Å²) in [7, 11) is 0. The van der Waals surface area contributed by atoms with Crippen LogP contribution in [0.1, 0.15) is 24.8 Å². The van der Waals surface area contributed by atoms with E-state index in [2.05, 4.69) is 10.6 Å². The lowest BCUT2D eigenvalue weighted by Crippen LogP contribution is -2.33. The van der Waals surface area contributed by atoms with E-state index in [-0.39, 0.29) is 11.7 Å². The van der Waals surface area contributed by atoms with Gasteiger partial charge in [0.05, 0.1) is 6.42 Å². The zero-order valence-electron chi connectivity index (χ0n) is 11.1. The molecule has 0 aromatic heterocycles. The van der Waals surface area contributed by atoms with Crippen LogP contribution in [-0.2, 0) is 11.2 Å². The summed E-state index contributed by atoms with van der Waals surface area (Å²) in [6, 6.07) is 6.08. The Labute approximate surface area is 113 Å². The Morgan fingerprint density at radius 3 is 2.84 bits per heavy atom. The largest absolute Gasteiger partial charge is 0.356 e. The molecule has 1 aromatic rings. The minimum absolute atomic E-state index is 0.00961. The van der Waals surface area contributed by atoms with Crippen molar-refractivity contribution in [3.63, 3.8) is 0 Å². The molecule has 4 heteroatoms. The molecule has 0 radical (unpaired) electrons. The summed E-state index contributed by atoms with van der Waals surface area (Å²) < 4.78 is 12.7. The van der Waals surface area contributed by atoms with Gasteiger partial charge in [-0.25, -0.2) is 4.39 Å². The van der Waals surface area contributed by atoms with Gasteiger partial charge in [-0.05, 0) is 56.0 Å². The highest BCUT2D eigenvalue weighted by atomic mass is 19.1. The van der Waals surface area contributed by atoms with Gasteiger partial charge in [0.15, 0.2) is 0 Å². The highest BCUT2D eigenvalue weighted by Gasteiger charge is 2.12. The maximum Gasteiger partial charge on any atom is 0.224 e. The van der Waals surface area contributed by atoms with Crippen LogP contribution in [0.5, 0.6) is 0 Å². The monoisotopic (exact) mass is 264 g/mol. The quantitative estimate of drug-likeness (QED) is 0.852. The van der Waals surface area contributed by atoms with E-state index in [1.54, 1.807) is 12.1 Å². The Kier molecular flexibility index (Phi) is 5.33. The van der Waals surface area contributed by atoms with Crippen molar-refractivity contribution >= 4 is 5.91 Å². The predicted molar refractivity (Wildman–Crippen MR) is 73.3 cm³/mol. The van der Waals surface area contributed by atoms with Gasteiger partial charge < -0.3 is 10.6 Å². The van der Waals surface area contributed by atoms with Gasteiger partial charge in [-0.15, -0.1) is 0 Å². The van der Waals surface area contributed by atoms with Crippen LogP contribution in [-0.4, -0.2) is 25.5 Å². The molecule has 1 atom stereocenters. The molecule has 1 unspecified atom stereocenters. The maximum absolute atomic E-state index is 12.7. The number of hydrogen-bond donors (Lipinski definition) is 2. The Morgan fingerprint density at radius 2 is 2.16 bits per heavy atom. The second-order valence-electron chi connectivity index (χ2n) is 5.15. The molecule has 2 rings (SSSR count). The number of carbonyl (C=O) groups excluding carboxylic acids is 1. The first-order valence-electron chi connectivity index (χ1n) is 6.96. The summed E-state index contributed by atoms with van der Waals surface area (Å²) in [6.07, 6.45) is 3.83. The average molecular weight is 264 g/mol. The summed E-state index contributed by atoms with van der Waals surface area (Å²) in [5.41, 5.74) is 0.846. The van der Waals surface area contributed by atoms with E-state index in [4.69, 9.17) is 0 Å². The van der Waals surface area contributed by atoms with E-state index in [0.717, 1.165) is 31.6 Å². The molecule has 1 aromatic carbocycles. The van der Waals surface area contributed by atoms with Gasteiger partial charge in [0.1, 0.15) is 5.82 Å². The molecule has 0 aliphatic carbocycles. The molecule has 1 heterocycles.